The van der Waals surface area contributed by atoms with Crippen LogP contribution in [0.2, 0.25) is 0 Å². The Balaban J connectivity index is 2.33. The van der Waals surface area contributed by atoms with Gasteiger partial charge in [0, 0.05) is 23.0 Å². The van der Waals surface area contributed by atoms with E-state index in [-0.39, 0.29) is 5.60 Å². The highest BCUT2D eigenvalue weighted by molar-refractivity contribution is 9.10. The highest BCUT2D eigenvalue weighted by Gasteiger charge is 2.31. The molecule has 1 aliphatic heterocycles. The third-order valence-electron chi connectivity index (χ3n) is 2.61. The summed E-state index contributed by atoms with van der Waals surface area (Å²) in [5.41, 5.74) is 5.12. The second-order valence-electron chi connectivity index (χ2n) is 4.62. The summed E-state index contributed by atoms with van der Waals surface area (Å²) < 4.78 is 7.04. The molecule has 2 rings (SSSR count). The third-order valence-corrected chi connectivity index (χ3v) is 3.07. The molecule has 0 atom stereocenters. The van der Waals surface area contributed by atoms with E-state index in [1.54, 1.807) is 7.11 Å². The standard InChI is InChI=1S/C12H16BrNO2/c1-12(2)6-8-4-10(13)5-9(7-14-15-3)11(8)16-12/h4-5,14H,6-7H2,1-3H3. The molecule has 0 fully saturated rings. The lowest BCUT2D eigenvalue weighted by Gasteiger charge is -2.18. The minimum absolute atomic E-state index is 0.106. The number of benzene rings is 1. The van der Waals surface area contributed by atoms with Crippen molar-refractivity contribution >= 4 is 15.9 Å². The third kappa shape index (κ3) is 2.39. The van der Waals surface area contributed by atoms with Crippen molar-refractivity contribution < 1.29 is 9.57 Å². The molecule has 0 radical (unpaired) electrons. The highest BCUT2D eigenvalue weighted by Crippen LogP contribution is 2.39. The highest BCUT2D eigenvalue weighted by atomic mass is 79.9. The molecule has 0 aromatic heterocycles. The number of nitrogens with one attached hydrogen (secondary N) is 1. The summed E-state index contributed by atoms with van der Waals surface area (Å²) in [4.78, 5) is 4.88. The molecule has 1 N–H and O–H groups in total. The van der Waals surface area contributed by atoms with Crippen molar-refractivity contribution in [3.8, 4) is 5.75 Å². The van der Waals surface area contributed by atoms with Crippen molar-refractivity contribution in [3.05, 3.63) is 27.7 Å². The molecule has 0 spiro atoms. The molecule has 3 nitrogen and oxygen atoms in total. The Morgan fingerprint density at radius 2 is 2.25 bits per heavy atom. The van der Waals surface area contributed by atoms with Crippen LogP contribution in [-0.4, -0.2) is 12.7 Å². The first kappa shape index (κ1) is 11.9. The average molecular weight is 286 g/mol. The summed E-state index contributed by atoms with van der Waals surface area (Å²) in [6, 6.07) is 4.19. The van der Waals surface area contributed by atoms with Gasteiger partial charge in [-0.25, -0.2) is 0 Å². The van der Waals surface area contributed by atoms with Gasteiger partial charge in [0.2, 0.25) is 0 Å². The number of hydroxylamine groups is 1. The lowest BCUT2D eigenvalue weighted by Crippen LogP contribution is -2.25. The Hall–Kier alpha value is -0.580. The van der Waals surface area contributed by atoms with E-state index in [1.165, 1.54) is 5.56 Å². The van der Waals surface area contributed by atoms with Gasteiger partial charge in [-0.3, -0.25) is 0 Å². The van der Waals surface area contributed by atoms with E-state index in [0.29, 0.717) is 6.54 Å². The van der Waals surface area contributed by atoms with E-state index in [0.717, 1.165) is 22.2 Å². The first-order chi connectivity index (χ1) is 7.52. The second kappa shape index (κ2) is 4.35. The molecule has 1 aliphatic rings. The van der Waals surface area contributed by atoms with Gasteiger partial charge in [-0.1, -0.05) is 15.9 Å². The number of halogens is 1. The van der Waals surface area contributed by atoms with Crippen LogP contribution >= 0.6 is 15.9 Å². The van der Waals surface area contributed by atoms with Gasteiger partial charge in [0.1, 0.15) is 11.4 Å². The molecule has 0 saturated heterocycles. The second-order valence-corrected chi connectivity index (χ2v) is 5.53. The monoisotopic (exact) mass is 285 g/mol. The molecule has 16 heavy (non-hydrogen) atoms. The molecule has 1 heterocycles. The molecule has 4 heteroatoms. The van der Waals surface area contributed by atoms with E-state index in [9.17, 15) is 0 Å². The normalized spacial score (nSPS) is 17.0. The van der Waals surface area contributed by atoms with Crippen molar-refractivity contribution in [2.24, 2.45) is 0 Å². The quantitative estimate of drug-likeness (QED) is 0.867. The first-order valence-electron chi connectivity index (χ1n) is 5.28. The van der Waals surface area contributed by atoms with Crippen LogP contribution in [0.15, 0.2) is 16.6 Å². The fourth-order valence-corrected chi connectivity index (χ4v) is 2.58. The van der Waals surface area contributed by atoms with Crippen LogP contribution < -0.4 is 10.2 Å². The van der Waals surface area contributed by atoms with Crippen LogP contribution in [0.1, 0.15) is 25.0 Å². The predicted molar refractivity (Wildman–Crippen MR) is 66.4 cm³/mol. The van der Waals surface area contributed by atoms with Gasteiger partial charge >= 0.3 is 0 Å². The maximum atomic E-state index is 5.96. The predicted octanol–water partition coefficient (Wildman–Crippen LogP) is 2.81. The molecule has 88 valence electrons. The number of fused-ring (bicyclic) bond motifs is 1. The summed E-state index contributed by atoms with van der Waals surface area (Å²) in [6.07, 6.45) is 0.946. The maximum absolute atomic E-state index is 5.96. The molecular weight excluding hydrogens is 270 g/mol. The summed E-state index contributed by atoms with van der Waals surface area (Å²) in [7, 11) is 1.61. The summed E-state index contributed by atoms with van der Waals surface area (Å²) >= 11 is 3.52. The van der Waals surface area contributed by atoms with Crippen molar-refractivity contribution in [1.82, 2.24) is 5.48 Å². The summed E-state index contributed by atoms with van der Waals surface area (Å²) in [5.74, 6) is 0.998. The van der Waals surface area contributed by atoms with E-state index in [1.807, 2.05) is 0 Å². The molecular formula is C12H16BrNO2. The van der Waals surface area contributed by atoms with Crippen molar-refractivity contribution in [2.75, 3.05) is 7.11 Å². The zero-order valence-electron chi connectivity index (χ0n) is 9.76. The van der Waals surface area contributed by atoms with Crippen molar-refractivity contribution in [2.45, 2.75) is 32.4 Å². The molecule has 0 amide bonds. The molecule has 1 aromatic carbocycles. The first-order valence-corrected chi connectivity index (χ1v) is 6.07. The number of hydrogen-bond donors (Lipinski definition) is 1. The summed E-state index contributed by atoms with van der Waals surface area (Å²) in [5, 5.41) is 0. The van der Waals surface area contributed by atoms with Gasteiger partial charge in [-0.15, -0.1) is 0 Å². The molecule has 1 aromatic rings. The molecule has 0 saturated carbocycles. The van der Waals surface area contributed by atoms with Gasteiger partial charge in [0.25, 0.3) is 0 Å². The lowest BCUT2D eigenvalue weighted by molar-refractivity contribution is 0.0842. The van der Waals surface area contributed by atoms with Crippen LogP contribution in [0.3, 0.4) is 0 Å². The average Bonchev–Trinajstić information content (AvgIpc) is 2.48. The molecule has 0 unspecified atom stereocenters. The minimum Gasteiger partial charge on any atom is -0.487 e. The minimum atomic E-state index is -0.106. The van der Waals surface area contributed by atoms with Crippen LogP contribution in [0.4, 0.5) is 0 Å². The Morgan fingerprint density at radius 1 is 1.50 bits per heavy atom. The molecule has 0 bridgehead atoms. The number of hydrogen-bond acceptors (Lipinski definition) is 3. The maximum Gasteiger partial charge on any atom is 0.128 e. The van der Waals surface area contributed by atoms with Crippen LogP contribution in [0.25, 0.3) is 0 Å². The van der Waals surface area contributed by atoms with Gasteiger partial charge in [0.15, 0.2) is 0 Å². The van der Waals surface area contributed by atoms with Crippen LogP contribution in [0.5, 0.6) is 5.75 Å². The van der Waals surface area contributed by atoms with Crippen LogP contribution in [-0.2, 0) is 17.8 Å². The fraction of sp³-hybridized carbons (Fsp3) is 0.500. The largest absolute Gasteiger partial charge is 0.487 e. The van der Waals surface area contributed by atoms with Crippen molar-refractivity contribution in [3.63, 3.8) is 0 Å². The smallest absolute Gasteiger partial charge is 0.128 e. The van der Waals surface area contributed by atoms with E-state index in [4.69, 9.17) is 9.57 Å². The van der Waals surface area contributed by atoms with Gasteiger partial charge in [-0.05, 0) is 31.5 Å². The Kier molecular flexibility index (Phi) is 3.24. The van der Waals surface area contributed by atoms with Gasteiger partial charge in [0.05, 0.1) is 7.11 Å². The fourth-order valence-electron chi connectivity index (χ4n) is 2.03. The number of ether oxygens (including phenoxy) is 1. The Bertz CT molecular complexity index is 404. The van der Waals surface area contributed by atoms with E-state index in [2.05, 4.69) is 47.4 Å². The summed E-state index contributed by atoms with van der Waals surface area (Å²) in [6.45, 7) is 4.86. The zero-order valence-corrected chi connectivity index (χ0v) is 11.3. The molecule has 0 aliphatic carbocycles. The lowest BCUT2D eigenvalue weighted by atomic mass is 10.0. The number of rotatable bonds is 3. The SMILES string of the molecule is CONCc1cc(Br)cc2c1OC(C)(C)C2. The van der Waals surface area contributed by atoms with E-state index < -0.39 is 0 Å². The van der Waals surface area contributed by atoms with E-state index >= 15 is 0 Å². The van der Waals surface area contributed by atoms with Gasteiger partial charge in [-0.2, -0.15) is 5.48 Å². The van der Waals surface area contributed by atoms with Crippen LogP contribution in [0, 0.1) is 0 Å². The Labute approximate surface area is 104 Å². The zero-order chi connectivity index (χ0) is 11.8. The van der Waals surface area contributed by atoms with Gasteiger partial charge < -0.3 is 9.57 Å². The topological polar surface area (TPSA) is 30.5 Å². The van der Waals surface area contributed by atoms with Crippen molar-refractivity contribution in [1.29, 1.82) is 0 Å². The Morgan fingerprint density at radius 3 is 2.94 bits per heavy atom.